The number of nitrogens with one attached hydrogen (secondary N) is 2. The maximum Gasteiger partial charge on any atom is 0.243 e. The largest absolute Gasteiger partial charge is 0.387 e. The molecule has 0 spiro atoms. The molecule has 0 aromatic rings. The van der Waals surface area contributed by atoms with Crippen molar-refractivity contribution in [3.05, 3.63) is 23.9 Å². The number of amides is 2. The summed E-state index contributed by atoms with van der Waals surface area (Å²) >= 11 is 0. The quantitative estimate of drug-likeness (QED) is 0.0814. The van der Waals surface area contributed by atoms with Gasteiger partial charge in [-0.05, 0) is 38.8 Å². The first-order chi connectivity index (χ1) is 16.4. The lowest BCUT2D eigenvalue weighted by Crippen LogP contribution is -2.44. The molecule has 1 unspecified atom stereocenters. The Hall–Kier alpha value is -2.66. The Labute approximate surface area is 208 Å². The lowest BCUT2D eigenvalue weighted by atomic mass is 9.87. The van der Waals surface area contributed by atoms with E-state index < -0.39 is 17.7 Å². The van der Waals surface area contributed by atoms with Crippen LogP contribution in [0.1, 0.15) is 52.9 Å². The Bertz CT molecular complexity index is 833. The second-order valence-electron chi connectivity index (χ2n) is 10.6. The molecule has 0 bridgehead atoms. The molecule has 10 nitrogen and oxygen atoms in total. The smallest absolute Gasteiger partial charge is 0.243 e. The van der Waals surface area contributed by atoms with E-state index in [4.69, 9.17) is 5.73 Å². The molecule has 1 aliphatic carbocycles. The molecule has 1 saturated carbocycles. The van der Waals surface area contributed by atoms with Gasteiger partial charge in [-0.3, -0.25) is 25.6 Å². The van der Waals surface area contributed by atoms with Crippen LogP contribution in [0.4, 0.5) is 4.39 Å². The van der Waals surface area contributed by atoms with Crippen LogP contribution in [-0.4, -0.2) is 78.0 Å². The van der Waals surface area contributed by atoms with Gasteiger partial charge in [0.2, 0.25) is 12.3 Å². The lowest BCUT2D eigenvalue weighted by Gasteiger charge is -2.30. The summed E-state index contributed by atoms with van der Waals surface area (Å²) in [6, 6.07) is 0.207. The minimum atomic E-state index is -0.727. The van der Waals surface area contributed by atoms with E-state index in [0.29, 0.717) is 30.5 Å². The number of carbonyl (C=O) groups excluding carboxylic acids is 2. The van der Waals surface area contributed by atoms with Crippen LogP contribution < -0.4 is 16.6 Å². The van der Waals surface area contributed by atoms with E-state index in [-0.39, 0.29) is 41.8 Å². The van der Waals surface area contributed by atoms with Gasteiger partial charge in [0.15, 0.2) is 11.6 Å². The van der Waals surface area contributed by atoms with E-state index in [1.54, 1.807) is 0 Å². The standard InChI is InChI=1S/C24H42FN7O3/c1-16(31-13-20(30(5)6)24(3,4)14-31)21(25)22(27-17(2)26)28-29-23(34)19(12-32(35)15-33)11-18-9-7-8-10-18/h15,18-20,28,35H,1,7-14H2,2-6H3,(H2,26,27)(H,29,34)/b22-21-/t19-,20?/m1/s1. The van der Waals surface area contributed by atoms with Crippen molar-refractivity contribution in [3.8, 4) is 0 Å². The summed E-state index contributed by atoms with van der Waals surface area (Å²) in [5.74, 6) is -1.70. The number of nitrogens with zero attached hydrogens (tertiary/aromatic N) is 4. The predicted octanol–water partition coefficient (Wildman–Crippen LogP) is 1.95. The van der Waals surface area contributed by atoms with Crippen LogP contribution in [0.3, 0.4) is 0 Å². The van der Waals surface area contributed by atoms with Crippen LogP contribution >= 0.6 is 0 Å². The number of allylic oxidation sites excluding steroid dienone is 1. The van der Waals surface area contributed by atoms with Crippen LogP contribution in [0.5, 0.6) is 0 Å². The average Bonchev–Trinajstić information content (AvgIpc) is 3.41. The zero-order chi connectivity index (χ0) is 26.3. The number of carbonyl (C=O) groups is 2. The molecule has 35 heavy (non-hydrogen) atoms. The molecule has 5 N–H and O–H groups in total. The minimum absolute atomic E-state index is 0.0796. The van der Waals surface area contributed by atoms with Crippen molar-refractivity contribution in [3.63, 3.8) is 0 Å². The topological polar surface area (TPSA) is 127 Å². The molecule has 11 heteroatoms. The van der Waals surface area contributed by atoms with Gasteiger partial charge < -0.3 is 15.5 Å². The highest BCUT2D eigenvalue weighted by Gasteiger charge is 2.41. The van der Waals surface area contributed by atoms with Crippen molar-refractivity contribution in [2.75, 3.05) is 33.7 Å². The number of amidine groups is 1. The Morgan fingerprint density at radius 2 is 1.97 bits per heavy atom. The number of likely N-dealkylation sites (tertiary alicyclic amines) is 1. The van der Waals surface area contributed by atoms with Gasteiger partial charge >= 0.3 is 0 Å². The maximum atomic E-state index is 15.6. The van der Waals surface area contributed by atoms with Gasteiger partial charge in [0.25, 0.3) is 0 Å². The van der Waals surface area contributed by atoms with E-state index in [1.807, 2.05) is 19.0 Å². The number of nitrogens with two attached hydrogens (primary N) is 1. The first kappa shape index (κ1) is 28.6. The second kappa shape index (κ2) is 12.3. The normalized spacial score (nSPS) is 22.1. The van der Waals surface area contributed by atoms with Crippen molar-refractivity contribution >= 4 is 18.2 Å². The summed E-state index contributed by atoms with van der Waals surface area (Å²) in [4.78, 5) is 31.9. The Morgan fingerprint density at radius 1 is 1.34 bits per heavy atom. The molecule has 0 aromatic carbocycles. The van der Waals surface area contributed by atoms with E-state index in [2.05, 4.69) is 41.2 Å². The number of likely N-dealkylation sites (N-methyl/N-ethyl adjacent to an activating group) is 1. The number of halogens is 1. The third-order valence-electron chi connectivity index (χ3n) is 6.94. The molecule has 2 atom stereocenters. The van der Waals surface area contributed by atoms with Gasteiger partial charge in [0, 0.05) is 19.1 Å². The van der Waals surface area contributed by atoms with Crippen molar-refractivity contribution in [2.45, 2.75) is 58.9 Å². The van der Waals surface area contributed by atoms with E-state index >= 15 is 4.39 Å². The van der Waals surface area contributed by atoms with Crippen LogP contribution in [-0.2, 0) is 9.59 Å². The summed E-state index contributed by atoms with van der Waals surface area (Å²) in [6.45, 7) is 10.7. The number of rotatable bonds is 12. The molecule has 2 fully saturated rings. The number of hydrogen-bond donors (Lipinski definition) is 4. The third kappa shape index (κ3) is 7.93. The zero-order valence-corrected chi connectivity index (χ0v) is 21.7. The first-order valence-electron chi connectivity index (χ1n) is 12.1. The second-order valence-corrected chi connectivity index (χ2v) is 10.6. The predicted molar refractivity (Wildman–Crippen MR) is 133 cm³/mol. The Kier molecular flexibility index (Phi) is 10.1. The SMILES string of the molecule is C=C(/C(F)=C(\N=C(\C)N)NNC(=O)[C@H](CC1CCCC1)CN(O)C=O)N1CC(N(C)C)C(C)(C)C1. The Balaban J connectivity index is 2.16. The average molecular weight is 496 g/mol. The number of hydroxylamine groups is 2. The van der Waals surface area contributed by atoms with E-state index in [0.717, 1.165) is 25.7 Å². The fraction of sp³-hybridized carbons (Fsp3) is 0.708. The highest BCUT2D eigenvalue weighted by atomic mass is 19.1. The molecule has 0 radical (unpaired) electrons. The lowest BCUT2D eigenvalue weighted by molar-refractivity contribution is -0.155. The summed E-state index contributed by atoms with van der Waals surface area (Å²) in [5.41, 5.74) is 10.8. The number of hydrazine groups is 1. The molecule has 0 aromatic heterocycles. The summed E-state index contributed by atoms with van der Waals surface area (Å²) < 4.78 is 15.6. The maximum absolute atomic E-state index is 15.6. The van der Waals surface area contributed by atoms with Gasteiger partial charge in [-0.25, -0.2) is 14.4 Å². The fourth-order valence-electron chi connectivity index (χ4n) is 5.17. The summed E-state index contributed by atoms with van der Waals surface area (Å²) in [7, 11) is 3.99. The van der Waals surface area contributed by atoms with Gasteiger partial charge in [-0.1, -0.05) is 46.1 Å². The summed E-state index contributed by atoms with van der Waals surface area (Å²) in [5, 5.41) is 10.1. The highest BCUT2D eigenvalue weighted by Crippen LogP contribution is 2.36. The zero-order valence-electron chi connectivity index (χ0n) is 21.7. The van der Waals surface area contributed by atoms with Crippen LogP contribution in [0.25, 0.3) is 0 Å². The van der Waals surface area contributed by atoms with Crippen LogP contribution in [0.2, 0.25) is 0 Å². The van der Waals surface area contributed by atoms with Crippen molar-refractivity contribution in [1.82, 2.24) is 25.7 Å². The molecular weight excluding hydrogens is 453 g/mol. The molecular formula is C24H42FN7O3. The minimum Gasteiger partial charge on any atom is -0.387 e. The molecule has 2 amide bonds. The molecule has 1 aliphatic heterocycles. The molecule has 2 rings (SSSR count). The number of aliphatic imine (C=N–C) groups is 1. The first-order valence-corrected chi connectivity index (χ1v) is 12.1. The van der Waals surface area contributed by atoms with Gasteiger partial charge in [-0.2, -0.15) is 0 Å². The molecule has 198 valence electrons. The highest BCUT2D eigenvalue weighted by molar-refractivity contribution is 5.80. The van der Waals surface area contributed by atoms with E-state index in [9.17, 15) is 14.8 Å². The van der Waals surface area contributed by atoms with Crippen LogP contribution in [0.15, 0.2) is 28.9 Å². The molecule has 1 heterocycles. The van der Waals surface area contributed by atoms with E-state index in [1.165, 1.54) is 6.92 Å². The van der Waals surface area contributed by atoms with Gasteiger partial charge in [0.05, 0.1) is 24.0 Å². The molecule has 1 saturated heterocycles. The third-order valence-corrected chi connectivity index (χ3v) is 6.94. The van der Waals surface area contributed by atoms with Crippen molar-refractivity contribution in [1.29, 1.82) is 0 Å². The fourth-order valence-corrected chi connectivity index (χ4v) is 5.17. The van der Waals surface area contributed by atoms with Crippen LogP contribution in [0, 0.1) is 17.3 Å². The monoisotopic (exact) mass is 495 g/mol. The van der Waals surface area contributed by atoms with Crippen molar-refractivity contribution in [2.24, 2.45) is 28.0 Å². The summed E-state index contributed by atoms with van der Waals surface area (Å²) in [6.07, 6.45) is 4.97. The van der Waals surface area contributed by atoms with Gasteiger partial charge in [0.1, 0.15) is 0 Å². The Morgan fingerprint density at radius 3 is 2.49 bits per heavy atom. The molecule has 2 aliphatic rings. The van der Waals surface area contributed by atoms with Crippen molar-refractivity contribution < 1.29 is 19.2 Å². The van der Waals surface area contributed by atoms with Gasteiger partial charge in [-0.15, -0.1) is 0 Å². The number of hydrogen-bond acceptors (Lipinski definition) is 7.